The molecule has 6 heteroatoms. The standard InChI is InChI=1S/C24H18ClN3O2/c1-29-20-10-11-21-22(13-20)28-24(27-21)18(14-26)12-17-4-2-3-5-23(17)30-15-16-6-8-19(25)9-7-16/h2-13H,15H2,1H3,(H,27,28)/b18-12-. The summed E-state index contributed by atoms with van der Waals surface area (Å²) < 4.78 is 11.2. The molecule has 0 unspecified atom stereocenters. The van der Waals surface area contributed by atoms with Gasteiger partial charge in [-0.15, -0.1) is 0 Å². The monoisotopic (exact) mass is 415 g/mol. The van der Waals surface area contributed by atoms with Gasteiger partial charge in [-0.05, 0) is 42.0 Å². The summed E-state index contributed by atoms with van der Waals surface area (Å²) in [6, 6.07) is 22.8. The van der Waals surface area contributed by atoms with Crippen LogP contribution in [0.2, 0.25) is 5.02 Å². The Hall–Kier alpha value is -3.75. The highest BCUT2D eigenvalue weighted by Gasteiger charge is 2.10. The molecule has 0 bridgehead atoms. The Morgan fingerprint density at radius 1 is 1.13 bits per heavy atom. The average molecular weight is 416 g/mol. The van der Waals surface area contributed by atoms with Crippen LogP contribution in [0.5, 0.6) is 11.5 Å². The van der Waals surface area contributed by atoms with E-state index < -0.39 is 0 Å². The molecule has 0 aliphatic rings. The average Bonchev–Trinajstić information content (AvgIpc) is 3.20. The van der Waals surface area contributed by atoms with E-state index >= 15 is 0 Å². The van der Waals surface area contributed by atoms with Crippen molar-refractivity contribution < 1.29 is 9.47 Å². The SMILES string of the molecule is COc1ccc2nc(/C(C#N)=C\c3ccccc3OCc3ccc(Cl)cc3)[nH]c2c1. The zero-order chi connectivity index (χ0) is 20.9. The molecule has 0 fully saturated rings. The number of H-pyrrole nitrogens is 1. The largest absolute Gasteiger partial charge is 0.497 e. The molecule has 1 N–H and O–H groups in total. The molecule has 4 rings (SSSR count). The molecule has 1 heterocycles. The number of nitrogens with zero attached hydrogens (tertiary/aromatic N) is 2. The van der Waals surface area contributed by atoms with Crippen molar-refractivity contribution in [2.75, 3.05) is 7.11 Å². The second kappa shape index (κ2) is 8.73. The third kappa shape index (κ3) is 4.29. The predicted molar refractivity (Wildman–Crippen MR) is 118 cm³/mol. The number of hydrogen-bond donors (Lipinski definition) is 1. The number of rotatable bonds is 6. The van der Waals surface area contributed by atoms with E-state index in [2.05, 4.69) is 16.0 Å². The minimum absolute atomic E-state index is 0.397. The van der Waals surface area contributed by atoms with E-state index in [1.165, 1.54) is 0 Å². The third-order valence-corrected chi connectivity index (χ3v) is 4.84. The smallest absolute Gasteiger partial charge is 0.149 e. The van der Waals surface area contributed by atoms with Crippen LogP contribution in [0.15, 0.2) is 66.7 Å². The lowest BCUT2D eigenvalue weighted by molar-refractivity contribution is 0.305. The van der Waals surface area contributed by atoms with Crippen LogP contribution in [0.4, 0.5) is 0 Å². The summed E-state index contributed by atoms with van der Waals surface area (Å²) in [6.07, 6.45) is 1.77. The van der Waals surface area contributed by atoms with Gasteiger partial charge in [-0.25, -0.2) is 4.98 Å². The van der Waals surface area contributed by atoms with Gasteiger partial charge in [0.2, 0.25) is 0 Å². The first kappa shape index (κ1) is 19.6. The van der Waals surface area contributed by atoms with E-state index in [1.807, 2.05) is 66.7 Å². The van der Waals surface area contributed by atoms with Crippen LogP contribution in [0.3, 0.4) is 0 Å². The number of aromatic amines is 1. The van der Waals surface area contributed by atoms with Crippen LogP contribution in [0.1, 0.15) is 17.0 Å². The van der Waals surface area contributed by atoms with Crippen molar-refractivity contribution in [3.63, 3.8) is 0 Å². The fourth-order valence-corrected chi connectivity index (χ4v) is 3.15. The van der Waals surface area contributed by atoms with Gasteiger partial charge >= 0.3 is 0 Å². The molecule has 5 nitrogen and oxygen atoms in total. The van der Waals surface area contributed by atoms with Crippen molar-refractivity contribution in [3.05, 3.63) is 88.7 Å². The maximum absolute atomic E-state index is 9.74. The first-order valence-electron chi connectivity index (χ1n) is 9.28. The van der Waals surface area contributed by atoms with Gasteiger partial charge in [0.25, 0.3) is 0 Å². The van der Waals surface area contributed by atoms with Crippen LogP contribution < -0.4 is 9.47 Å². The summed E-state index contributed by atoms with van der Waals surface area (Å²) >= 11 is 5.94. The maximum Gasteiger partial charge on any atom is 0.149 e. The fraction of sp³-hybridized carbons (Fsp3) is 0.0833. The molecule has 148 valence electrons. The molecule has 0 saturated heterocycles. The van der Waals surface area contributed by atoms with Gasteiger partial charge in [0.1, 0.15) is 30.0 Å². The van der Waals surface area contributed by atoms with E-state index in [0.29, 0.717) is 28.8 Å². The van der Waals surface area contributed by atoms with Crippen molar-refractivity contribution in [2.45, 2.75) is 6.61 Å². The number of aromatic nitrogens is 2. The van der Waals surface area contributed by atoms with Crippen LogP contribution in [0.25, 0.3) is 22.7 Å². The normalized spacial score (nSPS) is 11.3. The lowest BCUT2D eigenvalue weighted by atomic mass is 10.1. The highest BCUT2D eigenvalue weighted by Crippen LogP contribution is 2.26. The third-order valence-electron chi connectivity index (χ3n) is 4.59. The lowest BCUT2D eigenvalue weighted by Crippen LogP contribution is -1.97. The zero-order valence-corrected chi connectivity index (χ0v) is 17.0. The van der Waals surface area contributed by atoms with Gasteiger partial charge in [-0.1, -0.05) is 41.9 Å². The number of fused-ring (bicyclic) bond motifs is 1. The highest BCUT2D eigenvalue weighted by atomic mass is 35.5. The van der Waals surface area contributed by atoms with E-state index in [1.54, 1.807) is 13.2 Å². The number of methoxy groups -OCH3 is 1. The minimum Gasteiger partial charge on any atom is -0.497 e. The summed E-state index contributed by atoms with van der Waals surface area (Å²) in [4.78, 5) is 7.72. The fourth-order valence-electron chi connectivity index (χ4n) is 3.03. The number of imidazole rings is 1. The molecule has 3 aromatic carbocycles. The first-order valence-corrected chi connectivity index (χ1v) is 9.66. The molecule has 4 aromatic rings. The van der Waals surface area contributed by atoms with E-state index in [0.717, 1.165) is 27.9 Å². The van der Waals surface area contributed by atoms with Crippen molar-refractivity contribution in [1.82, 2.24) is 9.97 Å². The van der Waals surface area contributed by atoms with E-state index in [9.17, 15) is 5.26 Å². The second-order valence-corrected chi connectivity index (χ2v) is 7.03. The molecule has 0 atom stereocenters. The molecule has 0 amide bonds. The van der Waals surface area contributed by atoms with Crippen molar-refractivity contribution >= 4 is 34.3 Å². The number of hydrogen-bond acceptors (Lipinski definition) is 4. The maximum atomic E-state index is 9.74. The number of ether oxygens (including phenoxy) is 2. The van der Waals surface area contributed by atoms with Crippen molar-refractivity contribution in [1.29, 1.82) is 5.26 Å². The molecular weight excluding hydrogens is 398 g/mol. The van der Waals surface area contributed by atoms with Gasteiger partial charge < -0.3 is 14.5 Å². The predicted octanol–water partition coefficient (Wildman–Crippen LogP) is 5.87. The number of para-hydroxylation sites is 1. The summed E-state index contributed by atoms with van der Waals surface area (Å²) in [5.41, 5.74) is 3.77. The van der Waals surface area contributed by atoms with Crippen LogP contribution >= 0.6 is 11.6 Å². The summed E-state index contributed by atoms with van der Waals surface area (Å²) in [7, 11) is 1.61. The molecule has 1 aromatic heterocycles. The van der Waals surface area contributed by atoms with Crippen molar-refractivity contribution in [3.8, 4) is 17.6 Å². The summed E-state index contributed by atoms with van der Waals surface area (Å²) in [5, 5.41) is 10.4. The Morgan fingerprint density at radius 3 is 2.70 bits per heavy atom. The first-order chi connectivity index (χ1) is 14.7. The van der Waals surface area contributed by atoms with Gasteiger partial charge in [-0.3, -0.25) is 0 Å². The van der Waals surface area contributed by atoms with Crippen LogP contribution in [-0.4, -0.2) is 17.1 Å². The quantitative estimate of drug-likeness (QED) is 0.400. The number of halogens is 1. The minimum atomic E-state index is 0.397. The molecule has 0 aliphatic carbocycles. The van der Waals surface area contributed by atoms with Gasteiger partial charge in [-0.2, -0.15) is 5.26 Å². The lowest BCUT2D eigenvalue weighted by Gasteiger charge is -2.09. The van der Waals surface area contributed by atoms with Gasteiger partial charge in [0.05, 0.1) is 23.7 Å². The summed E-state index contributed by atoms with van der Waals surface area (Å²) in [5.74, 6) is 1.90. The molecule has 0 saturated carbocycles. The second-order valence-electron chi connectivity index (χ2n) is 6.59. The van der Waals surface area contributed by atoms with Gasteiger partial charge in [0.15, 0.2) is 0 Å². The Balaban J connectivity index is 1.62. The Morgan fingerprint density at radius 2 is 1.93 bits per heavy atom. The molecule has 0 aliphatic heterocycles. The Labute approximate surface area is 179 Å². The zero-order valence-electron chi connectivity index (χ0n) is 16.2. The van der Waals surface area contributed by atoms with E-state index in [4.69, 9.17) is 21.1 Å². The topological polar surface area (TPSA) is 70.9 Å². The number of allylic oxidation sites excluding steroid dienone is 1. The van der Waals surface area contributed by atoms with Crippen LogP contribution in [0, 0.1) is 11.3 Å². The highest BCUT2D eigenvalue weighted by molar-refractivity contribution is 6.30. The van der Waals surface area contributed by atoms with Crippen LogP contribution in [-0.2, 0) is 6.61 Å². The Kier molecular flexibility index (Phi) is 5.69. The number of nitrogens with one attached hydrogen (secondary N) is 1. The summed E-state index contributed by atoms with van der Waals surface area (Å²) in [6.45, 7) is 0.397. The molecule has 0 radical (unpaired) electrons. The van der Waals surface area contributed by atoms with E-state index in [-0.39, 0.29) is 0 Å². The number of nitriles is 1. The molecular formula is C24H18ClN3O2. The molecule has 30 heavy (non-hydrogen) atoms. The Bertz CT molecular complexity index is 1250. The molecule has 0 spiro atoms. The van der Waals surface area contributed by atoms with Gasteiger partial charge in [0, 0.05) is 16.7 Å². The van der Waals surface area contributed by atoms with Crippen molar-refractivity contribution in [2.24, 2.45) is 0 Å². The number of benzene rings is 3.